The van der Waals surface area contributed by atoms with E-state index in [2.05, 4.69) is 10.6 Å². The summed E-state index contributed by atoms with van der Waals surface area (Å²) in [5.41, 5.74) is 0. The largest absolute Gasteiger partial charge is 0.353 e. The van der Waals surface area contributed by atoms with Crippen LogP contribution in [-0.4, -0.2) is 23.4 Å². The smallest absolute Gasteiger partial charge is 0.324 e. The normalized spacial score (nSPS) is 13.3. The van der Waals surface area contributed by atoms with Gasteiger partial charge in [0.15, 0.2) is 0 Å². The minimum atomic E-state index is -0.616. The second-order valence-electron chi connectivity index (χ2n) is 4.01. The van der Waals surface area contributed by atoms with Crippen molar-refractivity contribution < 1.29 is 9.72 Å². The molecule has 0 radical (unpaired) electrons. The van der Waals surface area contributed by atoms with Gasteiger partial charge in [0, 0.05) is 30.5 Å². The number of carbonyl (C=O) groups excluding carboxylic acids is 1. The lowest BCUT2D eigenvalue weighted by molar-refractivity contribution is -0.380. The van der Waals surface area contributed by atoms with Gasteiger partial charge in [-0.1, -0.05) is 11.3 Å². The highest BCUT2D eigenvalue weighted by molar-refractivity contribution is 7.15. The molecule has 0 saturated carbocycles. The fraction of sp³-hybridized carbons (Fsp3) is 0.455. The number of hydrogen-bond donors (Lipinski definition) is 2. The number of nitrogens with zero attached hydrogens (tertiary/aromatic N) is 2. The molecule has 2 N–H and O–H groups in total. The monoisotopic (exact) mass is 282 g/mol. The minimum Gasteiger partial charge on any atom is -0.353 e. The van der Waals surface area contributed by atoms with E-state index in [0.717, 1.165) is 11.3 Å². The van der Waals surface area contributed by atoms with Crippen molar-refractivity contribution in [3.05, 3.63) is 27.1 Å². The van der Waals surface area contributed by atoms with Crippen molar-refractivity contribution in [1.29, 1.82) is 5.26 Å². The first-order valence-corrected chi connectivity index (χ1v) is 6.40. The predicted molar refractivity (Wildman–Crippen MR) is 70.6 cm³/mol. The van der Waals surface area contributed by atoms with E-state index in [1.54, 1.807) is 13.0 Å². The lowest BCUT2D eigenvalue weighted by atomic mass is 10.2. The van der Waals surface area contributed by atoms with Gasteiger partial charge in [0.2, 0.25) is 5.91 Å². The number of nitriles is 1. The Labute approximate surface area is 114 Å². The SMILES string of the molecule is CC(=O)NC(C)CNC(C#N)c1ccc([N+](=O)[O-])s1. The van der Waals surface area contributed by atoms with Gasteiger partial charge < -0.3 is 5.32 Å². The van der Waals surface area contributed by atoms with Gasteiger partial charge in [0.05, 0.1) is 11.0 Å². The highest BCUT2D eigenvalue weighted by Crippen LogP contribution is 2.28. The molecule has 0 bridgehead atoms. The number of thiophene rings is 1. The lowest BCUT2D eigenvalue weighted by Crippen LogP contribution is -2.39. The van der Waals surface area contributed by atoms with Crippen molar-refractivity contribution in [2.45, 2.75) is 25.9 Å². The maximum atomic E-state index is 10.8. The quantitative estimate of drug-likeness (QED) is 0.604. The summed E-state index contributed by atoms with van der Waals surface area (Å²) in [6.45, 7) is 3.63. The molecule has 19 heavy (non-hydrogen) atoms. The van der Waals surface area contributed by atoms with Crippen LogP contribution in [-0.2, 0) is 4.79 Å². The fourth-order valence-electron chi connectivity index (χ4n) is 1.50. The van der Waals surface area contributed by atoms with E-state index < -0.39 is 11.0 Å². The molecule has 0 aliphatic carbocycles. The zero-order chi connectivity index (χ0) is 14.4. The molecule has 1 rings (SSSR count). The molecular formula is C11H14N4O3S. The summed E-state index contributed by atoms with van der Waals surface area (Å²) in [4.78, 5) is 21.5. The number of nitro groups is 1. The van der Waals surface area contributed by atoms with Crippen LogP contribution in [0.15, 0.2) is 12.1 Å². The first kappa shape index (κ1) is 15.1. The topological polar surface area (TPSA) is 108 Å². The number of hydrogen-bond acceptors (Lipinski definition) is 6. The molecule has 0 aliphatic heterocycles. The molecule has 0 aromatic carbocycles. The molecule has 1 heterocycles. The van der Waals surface area contributed by atoms with Crippen LogP contribution in [0.4, 0.5) is 5.00 Å². The van der Waals surface area contributed by atoms with Gasteiger partial charge in [0.25, 0.3) is 0 Å². The second kappa shape index (κ2) is 6.82. The zero-order valence-corrected chi connectivity index (χ0v) is 11.4. The van der Waals surface area contributed by atoms with Crippen LogP contribution in [0.5, 0.6) is 0 Å². The van der Waals surface area contributed by atoms with E-state index in [1.165, 1.54) is 13.0 Å². The van der Waals surface area contributed by atoms with Crippen LogP contribution < -0.4 is 10.6 Å². The Morgan fingerprint density at radius 2 is 2.32 bits per heavy atom. The third kappa shape index (κ3) is 4.65. The van der Waals surface area contributed by atoms with E-state index in [-0.39, 0.29) is 17.0 Å². The molecule has 1 amide bonds. The molecule has 1 aromatic heterocycles. The highest BCUT2D eigenvalue weighted by Gasteiger charge is 2.18. The van der Waals surface area contributed by atoms with Crippen LogP contribution in [0.1, 0.15) is 24.8 Å². The number of amides is 1. The van der Waals surface area contributed by atoms with Gasteiger partial charge in [-0.25, -0.2) is 0 Å². The molecule has 7 nitrogen and oxygen atoms in total. The Balaban J connectivity index is 2.60. The van der Waals surface area contributed by atoms with E-state index in [4.69, 9.17) is 5.26 Å². The van der Waals surface area contributed by atoms with Gasteiger partial charge in [-0.05, 0) is 13.0 Å². The zero-order valence-electron chi connectivity index (χ0n) is 10.5. The van der Waals surface area contributed by atoms with Gasteiger partial charge in [-0.15, -0.1) is 0 Å². The number of carbonyl (C=O) groups is 1. The maximum absolute atomic E-state index is 10.8. The van der Waals surface area contributed by atoms with E-state index in [9.17, 15) is 14.9 Å². The number of nitrogens with one attached hydrogen (secondary N) is 2. The summed E-state index contributed by atoms with van der Waals surface area (Å²) in [5, 5.41) is 25.3. The summed E-state index contributed by atoms with van der Waals surface area (Å²) in [7, 11) is 0. The van der Waals surface area contributed by atoms with E-state index in [1.807, 2.05) is 6.07 Å². The lowest BCUT2D eigenvalue weighted by Gasteiger charge is -2.15. The molecule has 1 aromatic rings. The molecule has 0 saturated heterocycles. The Morgan fingerprint density at radius 3 is 2.79 bits per heavy atom. The summed E-state index contributed by atoms with van der Waals surface area (Å²) in [6, 6.07) is 4.25. The van der Waals surface area contributed by atoms with Crippen molar-refractivity contribution in [3.8, 4) is 6.07 Å². The average molecular weight is 282 g/mol. The van der Waals surface area contributed by atoms with Crippen molar-refractivity contribution in [2.75, 3.05) is 6.54 Å². The Kier molecular flexibility index (Phi) is 5.41. The van der Waals surface area contributed by atoms with Crippen LogP contribution in [0.2, 0.25) is 0 Å². The van der Waals surface area contributed by atoms with Crippen molar-refractivity contribution in [2.24, 2.45) is 0 Å². The predicted octanol–water partition coefficient (Wildman–Crippen LogP) is 1.34. The standard InChI is InChI=1S/C11H14N4O3S/c1-7(14-8(2)16)6-13-9(5-12)10-3-4-11(19-10)15(17)18/h3-4,7,9,13H,6H2,1-2H3,(H,14,16). The maximum Gasteiger partial charge on any atom is 0.324 e. The van der Waals surface area contributed by atoms with Gasteiger partial charge in [-0.3, -0.25) is 20.2 Å². The van der Waals surface area contributed by atoms with E-state index >= 15 is 0 Å². The Hall–Kier alpha value is -1.98. The van der Waals surface area contributed by atoms with Gasteiger partial charge >= 0.3 is 5.00 Å². The van der Waals surface area contributed by atoms with Gasteiger partial charge in [0.1, 0.15) is 6.04 Å². The molecule has 2 atom stereocenters. The summed E-state index contributed by atoms with van der Waals surface area (Å²) in [6.07, 6.45) is 0. The molecule has 0 spiro atoms. The summed E-state index contributed by atoms with van der Waals surface area (Å²) < 4.78 is 0. The summed E-state index contributed by atoms with van der Waals surface area (Å²) >= 11 is 0.968. The Bertz CT molecular complexity index is 508. The molecule has 102 valence electrons. The van der Waals surface area contributed by atoms with Crippen LogP contribution in [0.3, 0.4) is 0 Å². The minimum absolute atomic E-state index is 0.00644. The first-order valence-electron chi connectivity index (χ1n) is 5.58. The van der Waals surface area contributed by atoms with Crippen molar-refractivity contribution in [1.82, 2.24) is 10.6 Å². The molecule has 8 heteroatoms. The van der Waals surface area contributed by atoms with Crippen LogP contribution in [0, 0.1) is 21.4 Å². The highest BCUT2D eigenvalue weighted by atomic mass is 32.1. The second-order valence-corrected chi connectivity index (χ2v) is 5.10. The van der Waals surface area contributed by atoms with E-state index in [0.29, 0.717) is 11.4 Å². The first-order chi connectivity index (χ1) is 8.93. The average Bonchev–Trinajstić information content (AvgIpc) is 2.78. The van der Waals surface area contributed by atoms with Crippen molar-refractivity contribution >= 4 is 22.2 Å². The molecule has 2 unspecified atom stereocenters. The molecule has 0 aliphatic rings. The van der Waals surface area contributed by atoms with Gasteiger partial charge in [-0.2, -0.15) is 5.26 Å². The number of rotatable bonds is 6. The third-order valence-corrected chi connectivity index (χ3v) is 3.39. The summed E-state index contributed by atoms with van der Waals surface area (Å²) in [5.74, 6) is -0.144. The Morgan fingerprint density at radius 1 is 1.63 bits per heavy atom. The fourth-order valence-corrected chi connectivity index (χ4v) is 2.34. The van der Waals surface area contributed by atoms with Crippen molar-refractivity contribution in [3.63, 3.8) is 0 Å². The van der Waals surface area contributed by atoms with Crippen LogP contribution in [0.25, 0.3) is 0 Å². The molecular weight excluding hydrogens is 268 g/mol. The van der Waals surface area contributed by atoms with Crippen LogP contribution >= 0.6 is 11.3 Å². The third-order valence-electron chi connectivity index (χ3n) is 2.28. The molecule has 0 fully saturated rings.